The van der Waals surface area contributed by atoms with Crippen molar-refractivity contribution in [3.8, 4) is 0 Å². The number of aliphatic hydroxyl groups excluding tert-OH is 1. The van der Waals surface area contributed by atoms with Crippen molar-refractivity contribution >= 4 is 29.8 Å². The lowest BCUT2D eigenvalue weighted by atomic mass is 9.54. The molecule has 11 heteroatoms. The lowest BCUT2D eigenvalue weighted by Gasteiger charge is -2.49. The number of hydrogen-bond donors (Lipinski definition) is 1. The van der Waals surface area contributed by atoms with E-state index in [1.165, 1.54) is 7.11 Å². The van der Waals surface area contributed by atoms with Crippen LogP contribution in [0.2, 0.25) is 0 Å². The van der Waals surface area contributed by atoms with Gasteiger partial charge in [-0.1, -0.05) is 58.4 Å². The summed E-state index contributed by atoms with van der Waals surface area (Å²) in [5.41, 5.74) is -1.47. The number of methoxy groups -OCH3 is 1. The highest BCUT2D eigenvalue weighted by atomic mass is 16.7. The second-order valence-electron chi connectivity index (χ2n) is 16.6. The number of aliphatic hydroxyl groups is 1. The predicted octanol–water partition coefficient (Wildman–Crippen LogP) is 7.74. The highest BCUT2D eigenvalue weighted by molar-refractivity contribution is 5.96. The van der Waals surface area contributed by atoms with Gasteiger partial charge in [-0.25, -0.2) is 0 Å². The summed E-state index contributed by atoms with van der Waals surface area (Å²) >= 11 is 0. The molecule has 306 valence electrons. The van der Waals surface area contributed by atoms with Crippen LogP contribution in [0.25, 0.3) is 0 Å². The molecule has 4 aliphatic carbocycles. The minimum atomic E-state index is -0.897. The van der Waals surface area contributed by atoms with Crippen molar-refractivity contribution in [2.45, 2.75) is 143 Å². The van der Waals surface area contributed by atoms with Crippen LogP contribution in [0.3, 0.4) is 0 Å². The van der Waals surface area contributed by atoms with Crippen LogP contribution in [0.15, 0.2) is 0 Å². The molecule has 1 N–H and O–H groups in total. The predicted molar refractivity (Wildman–Crippen MR) is 202 cm³/mol. The van der Waals surface area contributed by atoms with Gasteiger partial charge in [-0.3, -0.25) is 24.0 Å². The Morgan fingerprint density at radius 3 is 1.77 bits per heavy atom. The third-order valence-electron chi connectivity index (χ3n) is 11.6. The Morgan fingerprint density at radius 1 is 0.750 bits per heavy atom. The van der Waals surface area contributed by atoms with Gasteiger partial charge in [0.25, 0.3) is 0 Å². The summed E-state index contributed by atoms with van der Waals surface area (Å²) in [6.45, 7) is 14.3. The Kier molecular flexibility index (Phi) is 18.5. The van der Waals surface area contributed by atoms with Crippen LogP contribution in [0.5, 0.6) is 0 Å². The zero-order valence-electron chi connectivity index (χ0n) is 28.6. The molecule has 5 rings (SSSR count). The van der Waals surface area contributed by atoms with Gasteiger partial charge in [-0.15, -0.1) is 0 Å². The van der Waals surface area contributed by atoms with Crippen LogP contribution in [-0.4, -0.2) is 66.2 Å². The van der Waals surface area contributed by atoms with E-state index in [1.54, 1.807) is 48.5 Å². The van der Waals surface area contributed by atoms with E-state index in [2.05, 4.69) is 6.92 Å². The van der Waals surface area contributed by atoms with Crippen molar-refractivity contribution in [1.82, 2.24) is 0 Å². The topological polar surface area (TPSA) is 152 Å². The average Bonchev–Trinajstić information content (AvgIpc) is 3.71. The number of carbonyl (C=O) groups is 5. The molecule has 14 atom stereocenters. The third kappa shape index (κ3) is 9.57. The molecule has 1 heterocycles. The van der Waals surface area contributed by atoms with Gasteiger partial charge in [-0.2, -0.15) is 0 Å². The Hall–Kier alpha value is -2.53. The minimum Gasteiger partial charge on any atom is -0.460 e. The molecule has 0 radical (unpaired) electrons. The van der Waals surface area contributed by atoms with Crippen LogP contribution in [0, 0.1) is 76.9 Å². The first-order chi connectivity index (χ1) is 21.3. The molecule has 1 aliphatic heterocycles. The molecule has 0 aromatic heterocycles. The molecular formula is C41H76O11. The fraction of sp³-hybridized carbons (Fsp3) is 0.878. The molecule has 52 heavy (non-hydrogen) atoms. The lowest BCUT2D eigenvalue weighted by Crippen LogP contribution is -2.52. The van der Waals surface area contributed by atoms with E-state index in [9.17, 15) is 29.1 Å². The number of fused-ring (bicyclic) bond motifs is 4. The number of ether oxygens (including phenoxy) is 5. The number of esters is 5. The highest BCUT2D eigenvalue weighted by Gasteiger charge is 2.71. The maximum atomic E-state index is 13.9. The molecular weight excluding hydrogens is 668 g/mol. The monoisotopic (exact) mass is 745 g/mol. The van der Waals surface area contributed by atoms with Crippen LogP contribution in [-0.2, 0) is 47.7 Å². The Morgan fingerprint density at radius 2 is 1.29 bits per heavy atom. The van der Waals surface area contributed by atoms with Crippen LogP contribution < -0.4 is 0 Å². The van der Waals surface area contributed by atoms with Gasteiger partial charge in [0.1, 0.15) is 11.2 Å². The summed E-state index contributed by atoms with van der Waals surface area (Å²) in [4.78, 5) is 66.4. The first-order valence-corrected chi connectivity index (χ1v) is 16.9. The lowest BCUT2D eigenvalue weighted by molar-refractivity contribution is -0.181. The number of rotatable bonds is 9. The second-order valence-corrected chi connectivity index (χ2v) is 16.6. The van der Waals surface area contributed by atoms with E-state index in [-0.39, 0.29) is 93.3 Å². The van der Waals surface area contributed by atoms with Gasteiger partial charge in [0.05, 0.1) is 36.2 Å². The van der Waals surface area contributed by atoms with Crippen LogP contribution in [0.1, 0.15) is 126 Å². The minimum absolute atomic E-state index is 0. The highest BCUT2D eigenvalue weighted by Crippen LogP contribution is 2.70. The van der Waals surface area contributed by atoms with E-state index in [4.69, 9.17) is 23.7 Å². The average molecular weight is 745 g/mol. The van der Waals surface area contributed by atoms with Crippen molar-refractivity contribution in [3.05, 3.63) is 0 Å². The molecule has 11 nitrogen and oxygen atoms in total. The van der Waals surface area contributed by atoms with Crippen molar-refractivity contribution in [1.29, 1.82) is 0 Å². The second kappa shape index (κ2) is 18.7. The zero-order chi connectivity index (χ0) is 34.0. The largest absolute Gasteiger partial charge is 0.460 e. The fourth-order valence-electron chi connectivity index (χ4n) is 10.4. The maximum absolute atomic E-state index is 13.9. The number of carbonyl (C=O) groups excluding carboxylic acids is 5. The van der Waals surface area contributed by atoms with Crippen LogP contribution >= 0.6 is 0 Å². The number of hydrogen-bond acceptors (Lipinski definition) is 11. The molecule has 4 bridgehead atoms. The quantitative estimate of drug-likeness (QED) is 0.107. The smallest absolute Gasteiger partial charge is 0.317 e. The molecule has 14 unspecified atom stereocenters. The standard InChI is InChI=1S/C35H52O11.6CH4/c1-15-17-10-18(22(36)13-23(37)45-34(3,4)5)19(11-17)24(15)26-20-12-21(27(26)25-16(2)30(38)44-32(25)40)29(33(41)46-35(6,7)8)28(20)31(39)43-14-42-9;;;;;;/h15-22,24-29,36H,10-14H2,1-9H3;6*1H4. The first-order valence-electron chi connectivity index (χ1n) is 16.9. The SMILES string of the molecule is C.C.C.C.C.C.COCOC(=O)C1C2CC(C1C(=O)OC(C)(C)C)C(C1C(=O)OC(=O)C1C)C2C1C(C)C2CC(C(O)CC(=O)OC(C)(C)C)C1C2. The van der Waals surface area contributed by atoms with E-state index < -0.39 is 82.7 Å². The molecule has 1 saturated heterocycles. The van der Waals surface area contributed by atoms with E-state index >= 15 is 0 Å². The van der Waals surface area contributed by atoms with E-state index in [1.807, 2.05) is 0 Å². The summed E-state index contributed by atoms with van der Waals surface area (Å²) in [5, 5.41) is 11.4. The first kappa shape index (κ1) is 51.6. The Balaban J connectivity index is 0. The van der Waals surface area contributed by atoms with Crippen molar-refractivity contribution < 1.29 is 52.8 Å². The van der Waals surface area contributed by atoms with E-state index in [0.717, 1.165) is 12.8 Å². The molecule has 0 aromatic rings. The fourth-order valence-corrected chi connectivity index (χ4v) is 10.4. The molecule has 0 amide bonds. The summed E-state index contributed by atoms with van der Waals surface area (Å²) in [6.07, 6.45) is 1.13. The molecule has 4 saturated carbocycles. The number of cyclic esters (lactones) is 2. The third-order valence-corrected chi connectivity index (χ3v) is 11.6. The summed E-state index contributed by atoms with van der Waals surface area (Å²) in [5.74, 6) is -6.76. The maximum Gasteiger partial charge on any atom is 0.317 e. The molecule has 5 fully saturated rings. The Labute approximate surface area is 316 Å². The van der Waals surface area contributed by atoms with Gasteiger partial charge >= 0.3 is 29.8 Å². The zero-order valence-corrected chi connectivity index (χ0v) is 28.6. The summed E-state index contributed by atoms with van der Waals surface area (Å²) in [6, 6.07) is 0. The van der Waals surface area contributed by atoms with Gasteiger partial charge in [0.2, 0.25) is 0 Å². The van der Waals surface area contributed by atoms with Crippen molar-refractivity contribution in [2.24, 2.45) is 76.9 Å². The van der Waals surface area contributed by atoms with Crippen molar-refractivity contribution in [2.75, 3.05) is 13.9 Å². The molecule has 0 aromatic carbocycles. The normalized spacial score (nSPS) is 35.9. The van der Waals surface area contributed by atoms with Gasteiger partial charge in [-0.05, 0) is 114 Å². The van der Waals surface area contributed by atoms with Gasteiger partial charge in [0, 0.05) is 7.11 Å². The van der Waals surface area contributed by atoms with Crippen LogP contribution in [0.4, 0.5) is 0 Å². The van der Waals surface area contributed by atoms with Gasteiger partial charge in [0.15, 0.2) is 6.79 Å². The summed E-state index contributed by atoms with van der Waals surface area (Å²) < 4.78 is 27.1. The molecule has 5 aliphatic rings. The van der Waals surface area contributed by atoms with E-state index in [0.29, 0.717) is 12.3 Å². The van der Waals surface area contributed by atoms with Crippen molar-refractivity contribution in [3.63, 3.8) is 0 Å². The molecule has 0 spiro atoms. The summed E-state index contributed by atoms with van der Waals surface area (Å²) in [7, 11) is 1.42. The Bertz CT molecular complexity index is 1230. The van der Waals surface area contributed by atoms with Gasteiger partial charge < -0.3 is 28.8 Å².